The lowest BCUT2D eigenvalue weighted by atomic mass is 9.97. The van der Waals surface area contributed by atoms with Crippen LogP contribution in [0.3, 0.4) is 0 Å². The zero-order valence-electron chi connectivity index (χ0n) is 13.6. The fourth-order valence-corrected chi connectivity index (χ4v) is 4.15. The molecule has 0 unspecified atom stereocenters. The molecule has 116 valence electrons. The molecule has 0 saturated heterocycles. The Balaban J connectivity index is 1.83. The number of para-hydroxylation sites is 1. The van der Waals surface area contributed by atoms with Gasteiger partial charge in [-0.15, -0.1) is 0 Å². The van der Waals surface area contributed by atoms with E-state index in [-0.39, 0.29) is 0 Å². The van der Waals surface area contributed by atoms with Gasteiger partial charge in [0, 0.05) is 21.7 Å². The highest BCUT2D eigenvalue weighted by Crippen LogP contribution is 2.35. The average Bonchev–Trinajstić information content (AvgIpc) is 3.05. The van der Waals surface area contributed by atoms with Gasteiger partial charge in [-0.1, -0.05) is 66.7 Å². The molecule has 0 saturated carbocycles. The van der Waals surface area contributed by atoms with Gasteiger partial charge in [0.2, 0.25) is 0 Å². The molecule has 6 rings (SSSR count). The number of rotatable bonds is 0. The fourth-order valence-electron chi connectivity index (χ4n) is 4.15. The summed E-state index contributed by atoms with van der Waals surface area (Å²) in [6, 6.07) is 30.7. The molecular formula is C24H15N. The van der Waals surface area contributed by atoms with Crippen molar-refractivity contribution in [2.45, 2.75) is 0 Å². The molecular weight excluding hydrogens is 302 g/mol. The summed E-state index contributed by atoms with van der Waals surface area (Å²) in [5.41, 5.74) is 2.43. The predicted octanol–water partition coefficient (Wildman–Crippen LogP) is 6.78. The minimum Gasteiger partial charge on any atom is -0.354 e. The number of fused-ring (bicyclic) bond motifs is 8. The molecule has 0 fully saturated rings. The second kappa shape index (κ2) is 4.61. The zero-order valence-corrected chi connectivity index (χ0v) is 13.6. The van der Waals surface area contributed by atoms with Crippen molar-refractivity contribution in [2.75, 3.05) is 0 Å². The molecule has 0 aliphatic carbocycles. The third-order valence-corrected chi connectivity index (χ3v) is 5.36. The summed E-state index contributed by atoms with van der Waals surface area (Å²) in [5.74, 6) is 0. The molecule has 1 nitrogen and oxygen atoms in total. The van der Waals surface area contributed by atoms with Gasteiger partial charge in [0.05, 0.1) is 5.52 Å². The first-order chi connectivity index (χ1) is 12.4. The van der Waals surface area contributed by atoms with Crippen LogP contribution < -0.4 is 0 Å². The molecule has 0 aliphatic heterocycles. The van der Waals surface area contributed by atoms with Gasteiger partial charge in [-0.05, 0) is 45.1 Å². The van der Waals surface area contributed by atoms with E-state index in [4.69, 9.17) is 0 Å². The Morgan fingerprint density at radius 2 is 1.12 bits per heavy atom. The molecule has 6 aromatic rings. The highest BCUT2D eigenvalue weighted by atomic mass is 14.7. The summed E-state index contributed by atoms with van der Waals surface area (Å²) in [7, 11) is 0. The van der Waals surface area contributed by atoms with Gasteiger partial charge < -0.3 is 4.98 Å². The zero-order chi connectivity index (χ0) is 16.4. The summed E-state index contributed by atoms with van der Waals surface area (Å²) < 4.78 is 0. The Hall–Kier alpha value is -3.32. The van der Waals surface area contributed by atoms with Crippen LogP contribution >= 0.6 is 0 Å². The maximum absolute atomic E-state index is 3.62. The van der Waals surface area contributed by atoms with Gasteiger partial charge >= 0.3 is 0 Å². The lowest BCUT2D eigenvalue weighted by molar-refractivity contribution is 1.56. The topological polar surface area (TPSA) is 15.8 Å². The van der Waals surface area contributed by atoms with Gasteiger partial charge in [0.25, 0.3) is 0 Å². The van der Waals surface area contributed by atoms with Crippen LogP contribution in [0.4, 0.5) is 0 Å². The van der Waals surface area contributed by atoms with Crippen LogP contribution in [0.2, 0.25) is 0 Å². The Kier molecular flexibility index (Phi) is 2.40. The monoisotopic (exact) mass is 317 g/mol. The number of H-pyrrole nitrogens is 1. The molecule has 0 atom stereocenters. The molecule has 0 radical (unpaired) electrons. The van der Waals surface area contributed by atoms with Gasteiger partial charge in [-0.3, -0.25) is 0 Å². The van der Waals surface area contributed by atoms with Crippen molar-refractivity contribution < 1.29 is 0 Å². The van der Waals surface area contributed by atoms with Crippen LogP contribution in [0, 0.1) is 0 Å². The summed E-state index contributed by atoms with van der Waals surface area (Å²) in [6.45, 7) is 0. The third kappa shape index (κ3) is 1.72. The van der Waals surface area contributed by atoms with Gasteiger partial charge in [0.1, 0.15) is 0 Å². The van der Waals surface area contributed by atoms with Crippen molar-refractivity contribution in [2.24, 2.45) is 0 Å². The molecule has 0 amide bonds. The average molecular weight is 317 g/mol. The van der Waals surface area contributed by atoms with Crippen molar-refractivity contribution in [1.82, 2.24) is 4.98 Å². The highest BCUT2D eigenvalue weighted by molar-refractivity contribution is 6.22. The molecule has 5 aromatic carbocycles. The summed E-state index contributed by atoms with van der Waals surface area (Å²) in [4.78, 5) is 3.62. The maximum atomic E-state index is 3.62. The van der Waals surface area contributed by atoms with E-state index in [0.29, 0.717) is 0 Å². The first-order valence-electron chi connectivity index (χ1n) is 8.63. The lowest BCUT2D eigenvalue weighted by Gasteiger charge is -2.07. The Labute approximate surface area is 144 Å². The van der Waals surface area contributed by atoms with Crippen molar-refractivity contribution in [3.8, 4) is 0 Å². The van der Waals surface area contributed by atoms with E-state index in [1.165, 1.54) is 54.1 Å². The largest absolute Gasteiger partial charge is 0.354 e. The van der Waals surface area contributed by atoms with Crippen molar-refractivity contribution in [1.29, 1.82) is 0 Å². The first-order valence-corrected chi connectivity index (χ1v) is 8.63. The number of aromatic nitrogens is 1. The van der Waals surface area contributed by atoms with Gasteiger partial charge in [-0.25, -0.2) is 0 Å². The lowest BCUT2D eigenvalue weighted by Crippen LogP contribution is -1.81. The Bertz CT molecular complexity index is 1440. The third-order valence-electron chi connectivity index (χ3n) is 5.36. The smallest absolute Gasteiger partial charge is 0.0544 e. The van der Waals surface area contributed by atoms with Crippen molar-refractivity contribution in [3.05, 3.63) is 84.9 Å². The number of nitrogens with one attached hydrogen (secondary N) is 1. The van der Waals surface area contributed by atoms with Crippen molar-refractivity contribution in [3.63, 3.8) is 0 Å². The van der Waals surface area contributed by atoms with E-state index in [1.807, 2.05) is 0 Å². The molecule has 1 heteroatoms. The molecule has 1 aromatic heterocycles. The maximum Gasteiger partial charge on any atom is 0.0544 e. The van der Waals surface area contributed by atoms with E-state index >= 15 is 0 Å². The number of aromatic amines is 1. The number of hydrogen-bond donors (Lipinski definition) is 1. The quantitative estimate of drug-likeness (QED) is 0.235. The van der Waals surface area contributed by atoms with E-state index in [2.05, 4.69) is 89.9 Å². The molecule has 1 heterocycles. The summed E-state index contributed by atoms with van der Waals surface area (Å²) in [5, 5.41) is 10.4. The molecule has 25 heavy (non-hydrogen) atoms. The Morgan fingerprint density at radius 1 is 0.440 bits per heavy atom. The second-order valence-electron chi connectivity index (χ2n) is 6.74. The van der Waals surface area contributed by atoms with Gasteiger partial charge in [-0.2, -0.15) is 0 Å². The van der Waals surface area contributed by atoms with Crippen LogP contribution in [0.1, 0.15) is 0 Å². The summed E-state index contributed by atoms with van der Waals surface area (Å²) in [6.07, 6.45) is 0. The minimum atomic E-state index is 1.20. The second-order valence-corrected chi connectivity index (χ2v) is 6.74. The summed E-state index contributed by atoms with van der Waals surface area (Å²) >= 11 is 0. The molecule has 0 spiro atoms. The number of benzene rings is 5. The molecule has 0 bridgehead atoms. The van der Waals surface area contributed by atoms with Crippen molar-refractivity contribution >= 4 is 54.1 Å². The SMILES string of the molecule is c1ccc2cc3c(ccc4c3ccc3c5ccccc5[nH]c34)cc2c1. The standard InChI is InChI=1S/C24H15N/c1-2-6-16-14-22-17(13-15(16)5-1)9-10-20-18(22)11-12-21-19-7-3-4-8-23(19)25-24(20)21/h1-14,25H. The van der Waals surface area contributed by atoms with Crippen LogP contribution in [-0.2, 0) is 0 Å². The van der Waals surface area contributed by atoms with E-state index < -0.39 is 0 Å². The highest BCUT2D eigenvalue weighted by Gasteiger charge is 2.09. The van der Waals surface area contributed by atoms with E-state index in [9.17, 15) is 0 Å². The Morgan fingerprint density at radius 3 is 2.04 bits per heavy atom. The van der Waals surface area contributed by atoms with Crippen LogP contribution in [0.25, 0.3) is 54.1 Å². The van der Waals surface area contributed by atoms with E-state index in [0.717, 1.165) is 0 Å². The van der Waals surface area contributed by atoms with Crippen LogP contribution in [0.5, 0.6) is 0 Å². The first kappa shape index (κ1) is 13.0. The molecule has 0 aliphatic rings. The van der Waals surface area contributed by atoms with E-state index in [1.54, 1.807) is 0 Å². The van der Waals surface area contributed by atoms with Gasteiger partial charge in [0.15, 0.2) is 0 Å². The minimum absolute atomic E-state index is 1.20. The van der Waals surface area contributed by atoms with Crippen LogP contribution in [-0.4, -0.2) is 4.98 Å². The normalized spacial score (nSPS) is 12.0. The van der Waals surface area contributed by atoms with Crippen LogP contribution in [0.15, 0.2) is 84.9 Å². The molecule has 1 N–H and O–H groups in total. The predicted molar refractivity (Wildman–Crippen MR) is 108 cm³/mol. The number of hydrogen-bond acceptors (Lipinski definition) is 0. The fraction of sp³-hybridized carbons (Fsp3) is 0.